The van der Waals surface area contributed by atoms with E-state index >= 15 is 0 Å². The first-order valence-corrected chi connectivity index (χ1v) is 11.4. The number of nitrogens with one attached hydrogen (secondary N) is 1. The van der Waals surface area contributed by atoms with Crippen molar-refractivity contribution < 1.29 is 22.8 Å². The van der Waals surface area contributed by atoms with Crippen molar-refractivity contribution in [3.05, 3.63) is 65.7 Å². The van der Waals surface area contributed by atoms with Crippen molar-refractivity contribution in [3.8, 4) is 0 Å². The number of amides is 3. The van der Waals surface area contributed by atoms with E-state index in [9.17, 15) is 22.8 Å². The van der Waals surface area contributed by atoms with Gasteiger partial charge in [-0.05, 0) is 31.0 Å². The van der Waals surface area contributed by atoms with Crippen molar-refractivity contribution in [1.29, 1.82) is 0 Å². The standard InChI is InChI=1S/C22H25N3O5S/c1-16(21(27)23-2)24(15-17-9-4-3-5-10-17)20(26)13-8-14-25-22(28)18-11-6-7-12-19(18)31(25,29)30/h3-7,9-12,16H,8,13-15H2,1-2H3,(H,23,27)/t16-/m1/s1. The van der Waals surface area contributed by atoms with Crippen LogP contribution in [-0.4, -0.2) is 55.0 Å². The first kappa shape index (κ1) is 22.5. The van der Waals surface area contributed by atoms with E-state index < -0.39 is 22.0 Å². The molecule has 0 saturated heterocycles. The zero-order valence-electron chi connectivity index (χ0n) is 17.4. The summed E-state index contributed by atoms with van der Waals surface area (Å²) in [5.74, 6) is -1.17. The largest absolute Gasteiger partial charge is 0.357 e. The van der Waals surface area contributed by atoms with E-state index in [4.69, 9.17) is 0 Å². The Labute approximate surface area is 181 Å². The van der Waals surface area contributed by atoms with Crippen molar-refractivity contribution >= 4 is 27.7 Å². The van der Waals surface area contributed by atoms with Gasteiger partial charge in [0.1, 0.15) is 10.9 Å². The number of hydrogen-bond acceptors (Lipinski definition) is 5. The molecule has 0 aliphatic carbocycles. The number of hydrogen-bond donors (Lipinski definition) is 1. The highest BCUT2D eigenvalue weighted by Gasteiger charge is 2.40. The smallest absolute Gasteiger partial charge is 0.269 e. The van der Waals surface area contributed by atoms with E-state index in [-0.39, 0.29) is 48.2 Å². The predicted molar refractivity (Wildman–Crippen MR) is 114 cm³/mol. The lowest BCUT2D eigenvalue weighted by Gasteiger charge is -2.28. The molecule has 0 spiro atoms. The van der Waals surface area contributed by atoms with Crippen molar-refractivity contribution in [2.75, 3.05) is 13.6 Å². The molecule has 0 radical (unpaired) electrons. The molecule has 1 aliphatic rings. The molecule has 8 nitrogen and oxygen atoms in total. The average Bonchev–Trinajstić information content (AvgIpc) is 2.97. The van der Waals surface area contributed by atoms with Gasteiger partial charge in [-0.15, -0.1) is 0 Å². The average molecular weight is 444 g/mol. The molecule has 3 rings (SSSR count). The van der Waals surface area contributed by atoms with Crippen LogP contribution < -0.4 is 5.32 Å². The summed E-state index contributed by atoms with van der Waals surface area (Å²) in [5, 5.41) is 2.55. The summed E-state index contributed by atoms with van der Waals surface area (Å²) in [7, 11) is -2.40. The summed E-state index contributed by atoms with van der Waals surface area (Å²) < 4.78 is 26.1. The van der Waals surface area contributed by atoms with Crippen LogP contribution in [-0.2, 0) is 26.2 Å². The van der Waals surface area contributed by atoms with Crippen molar-refractivity contribution in [3.63, 3.8) is 0 Å². The third-order valence-corrected chi connectivity index (χ3v) is 7.11. The van der Waals surface area contributed by atoms with Crippen LogP contribution in [0.1, 0.15) is 35.7 Å². The molecule has 164 valence electrons. The number of nitrogens with zero attached hydrogens (tertiary/aromatic N) is 2. The minimum atomic E-state index is -3.90. The van der Waals surface area contributed by atoms with Crippen molar-refractivity contribution in [1.82, 2.24) is 14.5 Å². The Balaban J connectivity index is 1.68. The number of rotatable bonds is 8. The first-order valence-electron chi connectivity index (χ1n) is 9.98. The molecule has 9 heteroatoms. The maximum Gasteiger partial charge on any atom is 0.269 e. The lowest BCUT2D eigenvalue weighted by atomic mass is 10.1. The van der Waals surface area contributed by atoms with Gasteiger partial charge in [0.05, 0.1) is 5.56 Å². The maximum absolute atomic E-state index is 12.9. The lowest BCUT2D eigenvalue weighted by molar-refractivity contribution is -0.140. The molecule has 0 unspecified atom stereocenters. The third kappa shape index (κ3) is 4.61. The van der Waals surface area contributed by atoms with Crippen LogP contribution >= 0.6 is 0 Å². The Morgan fingerprint density at radius 3 is 2.35 bits per heavy atom. The Bertz CT molecular complexity index is 1090. The van der Waals surface area contributed by atoms with Gasteiger partial charge < -0.3 is 10.2 Å². The van der Waals surface area contributed by atoms with Gasteiger partial charge in [-0.1, -0.05) is 42.5 Å². The Hall–Kier alpha value is -3.20. The van der Waals surface area contributed by atoms with Crippen LogP contribution in [0.25, 0.3) is 0 Å². The van der Waals surface area contributed by atoms with Gasteiger partial charge in [0.2, 0.25) is 11.8 Å². The first-order chi connectivity index (χ1) is 14.8. The highest BCUT2D eigenvalue weighted by molar-refractivity contribution is 7.90. The molecule has 0 bridgehead atoms. The zero-order chi connectivity index (χ0) is 22.6. The second-order valence-electron chi connectivity index (χ2n) is 7.28. The summed E-state index contributed by atoms with van der Waals surface area (Å²) in [6, 6.07) is 14.7. The normalized spacial score (nSPS) is 15.3. The summed E-state index contributed by atoms with van der Waals surface area (Å²) >= 11 is 0. The molecule has 2 aromatic carbocycles. The molecule has 0 fully saturated rings. The lowest BCUT2D eigenvalue weighted by Crippen LogP contribution is -2.46. The van der Waals surface area contributed by atoms with Gasteiger partial charge in [0.15, 0.2) is 0 Å². The number of carbonyl (C=O) groups is 3. The summed E-state index contributed by atoms with van der Waals surface area (Å²) in [6.07, 6.45) is 0.160. The number of likely N-dealkylation sites (N-methyl/N-ethyl adjacent to an activating group) is 1. The quantitative estimate of drug-likeness (QED) is 0.670. The van der Waals surface area contributed by atoms with E-state index in [1.54, 1.807) is 19.1 Å². The fourth-order valence-corrected chi connectivity index (χ4v) is 5.15. The molecule has 0 aromatic heterocycles. The Kier molecular flexibility index (Phi) is 6.74. The number of sulfonamides is 1. The fraction of sp³-hybridized carbons (Fsp3) is 0.318. The van der Waals surface area contributed by atoms with Crippen LogP contribution in [0.3, 0.4) is 0 Å². The molecule has 31 heavy (non-hydrogen) atoms. The maximum atomic E-state index is 12.9. The van der Waals surface area contributed by atoms with E-state index in [0.29, 0.717) is 0 Å². The van der Waals surface area contributed by atoms with Crippen LogP contribution in [0.4, 0.5) is 0 Å². The molecule has 1 atom stereocenters. The second-order valence-corrected chi connectivity index (χ2v) is 9.11. The van der Waals surface area contributed by atoms with Crippen LogP contribution in [0.15, 0.2) is 59.5 Å². The summed E-state index contributed by atoms with van der Waals surface area (Å²) in [6.45, 7) is 1.79. The Morgan fingerprint density at radius 2 is 1.71 bits per heavy atom. The summed E-state index contributed by atoms with van der Waals surface area (Å²) in [5.41, 5.74) is 1.02. The van der Waals surface area contributed by atoms with Gasteiger partial charge in [0, 0.05) is 26.6 Å². The van der Waals surface area contributed by atoms with E-state index in [1.807, 2.05) is 30.3 Å². The van der Waals surface area contributed by atoms with E-state index in [2.05, 4.69) is 5.32 Å². The van der Waals surface area contributed by atoms with Gasteiger partial charge in [0.25, 0.3) is 15.9 Å². The second kappa shape index (κ2) is 9.30. The van der Waals surface area contributed by atoms with Gasteiger partial charge in [-0.25, -0.2) is 12.7 Å². The Morgan fingerprint density at radius 1 is 1.06 bits per heavy atom. The topological polar surface area (TPSA) is 104 Å². The molecule has 1 heterocycles. The van der Waals surface area contributed by atoms with Crippen molar-refractivity contribution in [2.24, 2.45) is 0 Å². The zero-order valence-corrected chi connectivity index (χ0v) is 18.3. The van der Waals surface area contributed by atoms with Gasteiger partial charge in [-0.3, -0.25) is 14.4 Å². The summed E-state index contributed by atoms with van der Waals surface area (Å²) in [4.78, 5) is 39.0. The third-order valence-electron chi connectivity index (χ3n) is 5.27. The molecule has 3 amide bonds. The minimum absolute atomic E-state index is 0.00378. The molecule has 1 aliphatic heterocycles. The monoisotopic (exact) mass is 443 g/mol. The van der Waals surface area contributed by atoms with Crippen LogP contribution in [0.5, 0.6) is 0 Å². The molecular formula is C22H25N3O5S. The fourth-order valence-electron chi connectivity index (χ4n) is 3.54. The van der Waals surface area contributed by atoms with E-state index in [0.717, 1.165) is 9.87 Å². The molecule has 0 saturated carbocycles. The number of benzene rings is 2. The number of carbonyl (C=O) groups excluding carboxylic acids is 3. The van der Waals surface area contributed by atoms with E-state index in [1.165, 1.54) is 24.1 Å². The van der Waals surface area contributed by atoms with Gasteiger partial charge in [-0.2, -0.15) is 0 Å². The van der Waals surface area contributed by atoms with Crippen LogP contribution in [0.2, 0.25) is 0 Å². The van der Waals surface area contributed by atoms with Gasteiger partial charge >= 0.3 is 0 Å². The predicted octanol–water partition coefficient (Wildman–Crippen LogP) is 1.77. The highest BCUT2D eigenvalue weighted by atomic mass is 32.2. The SMILES string of the molecule is CNC(=O)[C@@H](C)N(Cc1ccccc1)C(=O)CCCN1C(=O)c2ccccc2S1(=O)=O. The molecule has 2 aromatic rings. The number of fused-ring (bicyclic) bond motifs is 1. The molecule has 1 N–H and O–H groups in total. The minimum Gasteiger partial charge on any atom is -0.357 e. The molecular weight excluding hydrogens is 418 g/mol. The highest BCUT2D eigenvalue weighted by Crippen LogP contribution is 2.30. The van der Waals surface area contributed by atoms with Crippen LogP contribution in [0, 0.1) is 0 Å². The van der Waals surface area contributed by atoms with Crippen molar-refractivity contribution in [2.45, 2.75) is 37.2 Å².